The maximum atomic E-state index is 3.27. The van der Waals surface area contributed by atoms with E-state index in [1.807, 2.05) is 36.4 Å². The van der Waals surface area contributed by atoms with Gasteiger partial charge in [0.25, 0.3) is 0 Å². The highest BCUT2D eigenvalue weighted by atomic mass is 32.1. The molecule has 0 unspecified atom stereocenters. The van der Waals surface area contributed by atoms with Crippen LogP contribution in [0.2, 0.25) is 0 Å². The molecule has 0 N–H and O–H groups in total. The number of hydrogen-bond acceptors (Lipinski definition) is 1. The van der Waals surface area contributed by atoms with Crippen molar-refractivity contribution >= 4 is 11.3 Å². The SMILES string of the molecule is C(#Cc1ccccc1-c1ccsc1)c1ccccc1. The first-order valence-electron chi connectivity index (χ1n) is 6.12. The Balaban J connectivity index is 2.01. The van der Waals surface area contributed by atoms with E-state index in [1.165, 1.54) is 11.1 Å². The van der Waals surface area contributed by atoms with E-state index in [1.54, 1.807) is 11.3 Å². The molecule has 0 aliphatic carbocycles. The average Bonchev–Trinajstić information content (AvgIpc) is 3.01. The van der Waals surface area contributed by atoms with Gasteiger partial charge >= 0.3 is 0 Å². The summed E-state index contributed by atoms with van der Waals surface area (Å²) in [5.74, 6) is 6.49. The van der Waals surface area contributed by atoms with Gasteiger partial charge in [-0.2, -0.15) is 11.3 Å². The molecule has 1 heteroatoms. The van der Waals surface area contributed by atoms with Gasteiger partial charge in [0, 0.05) is 11.1 Å². The molecule has 0 nitrogen and oxygen atoms in total. The molecule has 0 saturated carbocycles. The van der Waals surface area contributed by atoms with Crippen molar-refractivity contribution in [3.63, 3.8) is 0 Å². The lowest BCUT2D eigenvalue weighted by atomic mass is 10.0. The van der Waals surface area contributed by atoms with Crippen LogP contribution in [0.4, 0.5) is 0 Å². The first kappa shape index (κ1) is 11.8. The third-order valence-corrected chi connectivity index (χ3v) is 3.56. The predicted octanol–water partition coefficient (Wildman–Crippen LogP) is 4.81. The van der Waals surface area contributed by atoms with E-state index in [0.717, 1.165) is 11.1 Å². The third kappa shape index (κ3) is 2.76. The summed E-state index contributed by atoms with van der Waals surface area (Å²) in [6, 6.07) is 20.5. The van der Waals surface area contributed by atoms with Crippen LogP contribution in [0.3, 0.4) is 0 Å². The molecule has 0 fully saturated rings. The van der Waals surface area contributed by atoms with Gasteiger partial charge in [-0.3, -0.25) is 0 Å². The number of hydrogen-bond donors (Lipinski definition) is 0. The van der Waals surface area contributed by atoms with Gasteiger partial charge in [0.05, 0.1) is 0 Å². The second kappa shape index (κ2) is 5.56. The van der Waals surface area contributed by atoms with Crippen LogP contribution in [0.25, 0.3) is 11.1 Å². The van der Waals surface area contributed by atoms with E-state index in [2.05, 4.69) is 46.9 Å². The van der Waals surface area contributed by atoms with Gasteiger partial charge in [-0.15, -0.1) is 0 Å². The summed E-state index contributed by atoms with van der Waals surface area (Å²) in [6.45, 7) is 0. The first-order chi connectivity index (χ1) is 9.43. The maximum absolute atomic E-state index is 3.27. The van der Waals surface area contributed by atoms with Crippen molar-refractivity contribution in [1.82, 2.24) is 0 Å². The van der Waals surface area contributed by atoms with Crippen LogP contribution in [-0.4, -0.2) is 0 Å². The van der Waals surface area contributed by atoms with E-state index in [9.17, 15) is 0 Å². The van der Waals surface area contributed by atoms with Crippen molar-refractivity contribution in [2.75, 3.05) is 0 Å². The van der Waals surface area contributed by atoms with Gasteiger partial charge in [0.1, 0.15) is 0 Å². The number of rotatable bonds is 1. The summed E-state index contributed by atoms with van der Waals surface area (Å²) in [5.41, 5.74) is 4.56. The third-order valence-electron chi connectivity index (χ3n) is 2.87. The van der Waals surface area contributed by atoms with Crippen LogP contribution in [-0.2, 0) is 0 Å². The fourth-order valence-electron chi connectivity index (χ4n) is 1.92. The number of benzene rings is 2. The normalized spacial score (nSPS) is 9.68. The lowest BCUT2D eigenvalue weighted by Crippen LogP contribution is -1.82. The molecule has 90 valence electrons. The van der Waals surface area contributed by atoms with Gasteiger partial charge in [-0.1, -0.05) is 48.2 Å². The van der Waals surface area contributed by atoms with E-state index >= 15 is 0 Å². The molecule has 19 heavy (non-hydrogen) atoms. The molecule has 0 amide bonds. The fraction of sp³-hybridized carbons (Fsp3) is 0. The topological polar surface area (TPSA) is 0 Å². The predicted molar refractivity (Wildman–Crippen MR) is 82.2 cm³/mol. The zero-order valence-electron chi connectivity index (χ0n) is 10.3. The van der Waals surface area contributed by atoms with Gasteiger partial charge in [0.15, 0.2) is 0 Å². The molecule has 0 aliphatic rings. The minimum atomic E-state index is 1.04. The minimum Gasteiger partial charge on any atom is -0.152 e. The Labute approximate surface area is 117 Å². The summed E-state index contributed by atoms with van der Waals surface area (Å²) in [4.78, 5) is 0. The molecule has 1 aromatic heterocycles. The molecule has 0 bridgehead atoms. The second-order valence-corrected chi connectivity index (χ2v) is 4.95. The summed E-state index contributed by atoms with van der Waals surface area (Å²) in [7, 11) is 0. The summed E-state index contributed by atoms with van der Waals surface area (Å²) < 4.78 is 0. The lowest BCUT2D eigenvalue weighted by molar-refractivity contribution is 1.61. The quantitative estimate of drug-likeness (QED) is 0.550. The molecule has 0 radical (unpaired) electrons. The Bertz CT molecular complexity index is 713. The fourth-order valence-corrected chi connectivity index (χ4v) is 2.58. The molecule has 3 aromatic rings. The summed E-state index contributed by atoms with van der Waals surface area (Å²) in [5, 5.41) is 4.25. The molecule has 0 atom stereocenters. The van der Waals surface area contributed by atoms with E-state index in [0.29, 0.717) is 0 Å². The zero-order valence-corrected chi connectivity index (χ0v) is 11.2. The molecule has 1 heterocycles. The molecule has 0 aliphatic heterocycles. The van der Waals surface area contributed by atoms with Crippen LogP contribution < -0.4 is 0 Å². The maximum Gasteiger partial charge on any atom is 0.0327 e. The smallest absolute Gasteiger partial charge is 0.0327 e. The van der Waals surface area contributed by atoms with Gasteiger partial charge < -0.3 is 0 Å². The Morgan fingerprint density at radius 3 is 2.32 bits per heavy atom. The van der Waals surface area contributed by atoms with E-state index in [-0.39, 0.29) is 0 Å². The highest BCUT2D eigenvalue weighted by Gasteiger charge is 2.02. The minimum absolute atomic E-state index is 1.04. The molecule has 0 saturated heterocycles. The summed E-state index contributed by atoms with van der Waals surface area (Å²) in [6.07, 6.45) is 0. The average molecular weight is 260 g/mol. The molecule has 2 aromatic carbocycles. The van der Waals surface area contributed by atoms with Crippen LogP contribution in [0.1, 0.15) is 11.1 Å². The monoisotopic (exact) mass is 260 g/mol. The summed E-state index contributed by atoms with van der Waals surface area (Å²) >= 11 is 1.71. The van der Waals surface area contributed by atoms with Crippen molar-refractivity contribution in [1.29, 1.82) is 0 Å². The van der Waals surface area contributed by atoms with E-state index in [4.69, 9.17) is 0 Å². The van der Waals surface area contributed by atoms with Crippen LogP contribution in [0.15, 0.2) is 71.4 Å². The van der Waals surface area contributed by atoms with Gasteiger partial charge in [-0.25, -0.2) is 0 Å². The Hall–Kier alpha value is -2.30. The first-order valence-corrected chi connectivity index (χ1v) is 7.06. The highest BCUT2D eigenvalue weighted by Crippen LogP contribution is 2.25. The highest BCUT2D eigenvalue weighted by molar-refractivity contribution is 7.08. The molecule has 3 rings (SSSR count). The number of thiophene rings is 1. The largest absolute Gasteiger partial charge is 0.152 e. The van der Waals surface area contributed by atoms with Crippen LogP contribution in [0.5, 0.6) is 0 Å². The van der Waals surface area contributed by atoms with Crippen molar-refractivity contribution in [3.8, 4) is 23.0 Å². The van der Waals surface area contributed by atoms with Crippen molar-refractivity contribution in [3.05, 3.63) is 82.6 Å². The standard InChI is InChI=1S/C18H12S/c1-2-6-15(7-3-1)10-11-16-8-4-5-9-18(16)17-12-13-19-14-17/h1-9,12-14H. The van der Waals surface area contributed by atoms with Crippen LogP contribution in [0, 0.1) is 11.8 Å². The van der Waals surface area contributed by atoms with Crippen molar-refractivity contribution < 1.29 is 0 Å². The second-order valence-electron chi connectivity index (χ2n) is 4.17. The molecular formula is C18H12S. The zero-order chi connectivity index (χ0) is 12.9. The van der Waals surface area contributed by atoms with Crippen molar-refractivity contribution in [2.45, 2.75) is 0 Å². The molecule has 0 spiro atoms. The van der Waals surface area contributed by atoms with Gasteiger partial charge in [0.2, 0.25) is 0 Å². The lowest BCUT2D eigenvalue weighted by Gasteiger charge is -2.01. The van der Waals surface area contributed by atoms with Crippen molar-refractivity contribution in [2.24, 2.45) is 0 Å². The Morgan fingerprint density at radius 2 is 1.53 bits per heavy atom. The van der Waals surface area contributed by atoms with E-state index < -0.39 is 0 Å². The molecular weight excluding hydrogens is 248 g/mol. The van der Waals surface area contributed by atoms with Crippen LogP contribution >= 0.6 is 11.3 Å². The Morgan fingerprint density at radius 1 is 0.737 bits per heavy atom. The Kier molecular flexibility index (Phi) is 3.45. The van der Waals surface area contributed by atoms with Gasteiger partial charge in [-0.05, 0) is 46.2 Å².